The van der Waals surface area contributed by atoms with Crippen LogP contribution in [0.5, 0.6) is 5.75 Å². The second kappa shape index (κ2) is 6.80. The third-order valence-electron chi connectivity index (χ3n) is 2.01. The summed E-state index contributed by atoms with van der Waals surface area (Å²) in [6.45, 7) is 0. The number of hydrogen-bond donors (Lipinski definition) is 0. The molecule has 9 heteroatoms. The Morgan fingerprint density at radius 2 is 1.70 bits per heavy atom. The largest absolute Gasteiger partial charge is 0.573 e. The lowest BCUT2D eigenvalue weighted by atomic mass is 10.1. The fourth-order valence-corrected chi connectivity index (χ4v) is 2.22. The lowest BCUT2D eigenvalue weighted by Crippen LogP contribution is -2.17. The van der Waals surface area contributed by atoms with Crippen molar-refractivity contribution in [1.82, 2.24) is 0 Å². The summed E-state index contributed by atoms with van der Waals surface area (Å²) in [7, 11) is 0. The van der Waals surface area contributed by atoms with Crippen LogP contribution in [0.15, 0.2) is 23.1 Å². The lowest BCUT2D eigenvalue weighted by molar-refractivity contribution is -0.274. The molecule has 0 saturated heterocycles. The third-order valence-corrected chi connectivity index (χ3v) is 2.98. The van der Waals surface area contributed by atoms with Gasteiger partial charge < -0.3 is 4.74 Å². The minimum absolute atomic E-state index is 0.256. The van der Waals surface area contributed by atoms with Crippen LogP contribution < -0.4 is 4.74 Å². The number of thioether (sulfide) groups is 1. The Hall–Kier alpha value is -0.760. The van der Waals surface area contributed by atoms with E-state index in [1.54, 1.807) is 0 Å². The van der Waals surface area contributed by atoms with Crippen LogP contribution in [-0.4, -0.2) is 17.8 Å². The van der Waals surface area contributed by atoms with Crippen molar-refractivity contribution in [1.29, 1.82) is 0 Å². The van der Waals surface area contributed by atoms with Gasteiger partial charge in [0.15, 0.2) is 0 Å². The summed E-state index contributed by atoms with van der Waals surface area (Å²) in [5, 5.41) is 0. The summed E-state index contributed by atoms with van der Waals surface area (Å²) in [4.78, 5) is -0.358. The first-order chi connectivity index (χ1) is 9.09. The first kappa shape index (κ1) is 17.3. The average Bonchev–Trinajstić information content (AvgIpc) is 2.21. The van der Waals surface area contributed by atoms with Gasteiger partial charge in [-0.25, -0.2) is 0 Å². The first-order valence-corrected chi connectivity index (χ1v) is 6.65. The van der Waals surface area contributed by atoms with E-state index in [0.717, 1.165) is 6.07 Å². The van der Waals surface area contributed by atoms with Crippen molar-refractivity contribution in [3.63, 3.8) is 0 Å². The van der Waals surface area contributed by atoms with Crippen molar-refractivity contribution in [2.45, 2.75) is 29.6 Å². The van der Waals surface area contributed by atoms with E-state index in [1.807, 2.05) is 0 Å². The van der Waals surface area contributed by atoms with Crippen LogP contribution in [0, 0.1) is 0 Å². The molecule has 0 bridgehead atoms. The number of alkyl halides is 7. The standard InChI is InChI=1S/C11H9ClF6OS/c12-3-1-2-7-4-8(19-10(13,14)15)6-9(5-7)20-11(16,17)18/h4-6H,1-3H2. The molecular formula is C11H9ClF6OS. The maximum Gasteiger partial charge on any atom is 0.573 e. The van der Waals surface area contributed by atoms with Crippen molar-refractivity contribution in [3.05, 3.63) is 23.8 Å². The van der Waals surface area contributed by atoms with Gasteiger partial charge in [0.25, 0.3) is 0 Å². The van der Waals surface area contributed by atoms with Gasteiger partial charge in [-0.3, -0.25) is 0 Å². The van der Waals surface area contributed by atoms with Gasteiger partial charge in [0, 0.05) is 10.8 Å². The molecule has 0 aromatic heterocycles. The molecule has 0 radical (unpaired) electrons. The smallest absolute Gasteiger partial charge is 0.406 e. The van der Waals surface area contributed by atoms with E-state index in [0.29, 0.717) is 18.1 Å². The minimum atomic E-state index is -4.95. The zero-order chi connectivity index (χ0) is 15.4. The van der Waals surface area contributed by atoms with Crippen molar-refractivity contribution >= 4 is 23.4 Å². The van der Waals surface area contributed by atoms with Crippen LogP contribution in [0.4, 0.5) is 26.3 Å². The topological polar surface area (TPSA) is 9.23 Å². The van der Waals surface area contributed by atoms with Crippen LogP contribution in [-0.2, 0) is 6.42 Å². The van der Waals surface area contributed by atoms with Gasteiger partial charge in [-0.05, 0) is 48.4 Å². The van der Waals surface area contributed by atoms with E-state index in [2.05, 4.69) is 4.74 Å². The predicted molar refractivity (Wildman–Crippen MR) is 64.1 cm³/mol. The molecule has 0 fully saturated rings. The summed E-state index contributed by atoms with van der Waals surface area (Å²) >= 11 is 4.96. The maximum absolute atomic E-state index is 12.3. The van der Waals surface area contributed by atoms with Crippen molar-refractivity contribution in [2.75, 3.05) is 5.88 Å². The summed E-state index contributed by atoms with van der Waals surface area (Å²) in [6, 6.07) is 2.93. The third kappa shape index (κ3) is 7.14. The molecule has 1 rings (SSSR count). The van der Waals surface area contributed by atoms with Crippen LogP contribution in [0.1, 0.15) is 12.0 Å². The van der Waals surface area contributed by atoms with E-state index in [4.69, 9.17) is 11.6 Å². The van der Waals surface area contributed by atoms with E-state index in [1.165, 1.54) is 6.07 Å². The van der Waals surface area contributed by atoms with Gasteiger partial charge in [-0.2, -0.15) is 13.2 Å². The zero-order valence-corrected chi connectivity index (χ0v) is 11.4. The van der Waals surface area contributed by atoms with E-state index in [9.17, 15) is 26.3 Å². The molecule has 0 atom stereocenters. The molecule has 0 spiro atoms. The molecule has 0 N–H and O–H groups in total. The van der Waals surface area contributed by atoms with E-state index in [-0.39, 0.29) is 17.2 Å². The van der Waals surface area contributed by atoms with Gasteiger partial charge in [-0.1, -0.05) is 0 Å². The minimum Gasteiger partial charge on any atom is -0.406 e. The van der Waals surface area contributed by atoms with Gasteiger partial charge in [-0.15, -0.1) is 24.8 Å². The van der Waals surface area contributed by atoms with Gasteiger partial charge in [0.2, 0.25) is 0 Å². The highest BCUT2D eigenvalue weighted by Crippen LogP contribution is 2.39. The molecule has 0 heterocycles. The Balaban J connectivity index is 3.01. The van der Waals surface area contributed by atoms with Crippen LogP contribution >= 0.6 is 23.4 Å². The number of aryl methyl sites for hydroxylation is 1. The number of rotatable bonds is 5. The van der Waals surface area contributed by atoms with Crippen LogP contribution in [0.25, 0.3) is 0 Å². The summed E-state index contributed by atoms with van der Waals surface area (Å²) in [6.07, 6.45) is -4.25. The lowest BCUT2D eigenvalue weighted by Gasteiger charge is -2.13. The fraction of sp³-hybridized carbons (Fsp3) is 0.455. The van der Waals surface area contributed by atoms with Gasteiger partial charge >= 0.3 is 11.9 Å². The zero-order valence-electron chi connectivity index (χ0n) is 9.82. The van der Waals surface area contributed by atoms with Crippen LogP contribution in [0.3, 0.4) is 0 Å². The normalized spacial score (nSPS) is 12.6. The monoisotopic (exact) mass is 338 g/mol. The van der Waals surface area contributed by atoms with Gasteiger partial charge in [0.1, 0.15) is 5.75 Å². The van der Waals surface area contributed by atoms with Crippen molar-refractivity contribution in [3.8, 4) is 5.75 Å². The number of benzene rings is 1. The Bertz CT molecular complexity index is 411. The SMILES string of the molecule is FC(F)(F)Oc1cc(CCCCl)cc(SC(F)(F)F)c1. The molecule has 1 nitrogen and oxygen atoms in total. The highest BCUT2D eigenvalue weighted by Gasteiger charge is 2.33. The number of hydrogen-bond acceptors (Lipinski definition) is 2. The van der Waals surface area contributed by atoms with Crippen LogP contribution in [0.2, 0.25) is 0 Å². The number of halogens is 7. The molecule has 114 valence electrons. The molecule has 0 aliphatic carbocycles. The van der Waals surface area contributed by atoms with Crippen molar-refractivity contribution < 1.29 is 31.1 Å². The molecule has 0 aliphatic heterocycles. The molecule has 1 aromatic carbocycles. The highest BCUT2D eigenvalue weighted by atomic mass is 35.5. The molecule has 0 saturated carbocycles. The summed E-state index contributed by atoms with van der Waals surface area (Å²) < 4.78 is 76.9. The predicted octanol–water partition coefficient (Wildman–Crippen LogP) is 5.37. The quantitative estimate of drug-likeness (QED) is 0.405. The second-order valence-electron chi connectivity index (χ2n) is 3.70. The maximum atomic E-state index is 12.3. The molecule has 0 amide bonds. The Labute approximate surface area is 120 Å². The summed E-state index contributed by atoms with van der Waals surface area (Å²) in [5.74, 6) is -0.414. The molecule has 20 heavy (non-hydrogen) atoms. The molecular weight excluding hydrogens is 330 g/mol. The Morgan fingerprint density at radius 3 is 2.20 bits per heavy atom. The second-order valence-corrected chi connectivity index (χ2v) is 5.22. The van der Waals surface area contributed by atoms with Crippen molar-refractivity contribution in [2.24, 2.45) is 0 Å². The molecule has 0 aliphatic rings. The van der Waals surface area contributed by atoms with Gasteiger partial charge in [0.05, 0.1) is 0 Å². The van der Waals surface area contributed by atoms with E-state index >= 15 is 0 Å². The molecule has 0 unspecified atom stereocenters. The highest BCUT2D eigenvalue weighted by molar-refractivity contribution is 8.00. The summed E-state index contributed by atoms with van der Waals surface area (Å²) in [5.41, 5.74) is -4.28. The van der Waals surface area contributed by atoms with E-state index < -0.39 is 29.4 Å². The Kier molecular flexibility index (Phi) is 5.88. The first-order valence-electron chi connectivity index (χ1n) is 5.30. The Morgan fingerprint density at radius 1 is 1.05 bits per heavy atom. The molecule has 1 aromatic rings. The fourth-order valence-electron chi connectivity index (χ4n) is 1.43. The number of ether oxygens (including phenoxy) is 1. The average molecular weight is 339 g/mol.